The summed E-state index contributed by atoms with van der Waals surface area (Å²) in [7, 11) is 0. The lowest BCUT2D eigenvalue weighted by Gasteiger charge is -2.26. The Morgan fingerprint density at radius 3 is 2.29 bits per heavy atom. The Balaban J connectivity index is 2.36. The third kappa shape index (κ3) is 5.30. The van der Waals surface area contributed by atoms with Crippen LogP contribution in [0, 0.1) is 11.3 Å². The fraction of sp³-hybridized carbons (Fsp3) is 0.875. The zero-order valence-electron chi connectivity index (χ0n) is 13.7. The van der Waals surface area contributed by atoms with E-state index in [1.807, 2.05) is 13.8 Å². The quantitative estimate of drug-likeness (QED) is 0.684. The smallest absolute Gasteiger partial charge is 0.310 e. The van der Waals surface area contributed by atoms with E-state index in [9.17, 15) is 14.7 Å². The minimum absolute atomic E-state index is 0.0752. The van der Waals surface area contributed by atoms with E-state index in [2.05, 4.69) is 17.1 Å². The highest BCUT2D eigenvalue weighted by molar-refractivity contribution is 5.84. The molecule has 1 fully saturated rings. The zero-order valence-corrected chi connectivity index (χ0v) is 13.7. The lowest BCUT2D eigenvalue weighted by atomic mass is 9.79. The van der Waals surface area contributed by atoms with Gasteiger partial charge in [0.15, 0.2) is 0 Å². The minimum atomic E-state index is -0.914. The second kappa shape index (κ2) is 8.37. The molecule has 0 bridgehead atoms. The molecule has 5 heteroatoms. The largest absolute Gasteiger partial charge is 0.481 e. The number of likely N-dealkylation sites (tertiary alicyclic amines) is 1. The van der Waals surface area contributed by atoms with Gasteiger partial charge in [0.2, 0.25) is 5.91 Å². The molecule has 0 aromatic rings. The molecule has 5 nitrogen and oxygen atoms in total. The Bertz CT molecular complexity index is 347. The first-order valence-electron chi connectivity index (χ1n) is 8.16. The molecule has 0 aliphatic carbocycles. The van der Waals surface area contributed by atoms with E-state index in [1.54, 1.807) is 0 Å². The summed E-state index contributed by atoms with van der Waals surface area (Å²) in [6, 6.07) is 0. The maximum atomic E-state index is 12.0. The number of nitrogens with one attached hydrogen (secondary N) is 1. The lowest BCUT2D eigenvalue weighted by Crippen LogP contribution is -2.39. The molecular formula is C16H30N2O3. The molecule has 1 heterocycles. The number of carboxylic acids is 1. The van der Waals surface area contributed by atoms with Crippen LogP contribution in [-0.4, -0.2) is 48.1 Å². The number of nitrogens with zero attached hydrogens (tertiary/aromatic N) is 1. The predicted octanol–water partition coefficient (Wildman–Crippen LogP) is 2.12. The molecule has 0 radical (unpaired) electrons. The molecule has 1 amide bonds. The molecule has 2 N–H and O–H groups in total. The highest BCUT2D eigenvalue weighted by atomic mass is 16.4. The summed E-state index contributed by atoms with van der Waals surface area (Å²) in [4.78, 5) is 25.9. The predicted molar refractivity (Wildman–Crippen MR) is 83.1 cm³/mol. The third-order valence-electron chi connectivity index (χ3n) is 4.72. The number of hydrogen-bond acceptors (Lipinski definition) is 3. The van der Waals surface area contributed by atoms with Crippen molar-refractivity contribution >= 4 is 11.9 Å². The van der Waals surface area contributed by atoms with Crippen LogP contribution in [0.3, 0.4) is 0 Å². The Morgan fingerprint density at radius 2 is 1.81 bits per heavy atom. The van der Waals surface area contributed by atoms with Crippen LogP contribution in [0.5, 0.6) is 0 Å². The molecule has 0 aromatic heterocycles. The number of hydrogen-bond donors (Lipinski definition) is 2. The second-order valence-corrected chi connectivity index (χ2v) is 6.39. The molecule has 0 aromatic carbocycles. The van der Waals surface area contributed by atoms with E-state index in [-0.39, 0.29) is 12.3 Å². The van der Waals surface area contributed by atoms with Crippen LogP contribution in [0.25, 0.3) is 0 Å². The second-order valence-electron chi connectivity index (χ2n) is 6.39. The van der Waals surface area contributed by atoms with Crippen molar-refractivity contribution < 1.29 is 14.7 Å². The molecule has 1 unspecified atom stereocenters. The van der Waals surface area contributed by atoms with Gasteiger partial charge in [0, 0.05) is 19.5 Å². The Morgan fingerprint density at radius 1 is 1.24 bits per heavy atom. The highest BCUT2D eigenvalue weighted by Gasteiger charge is 2.37. The third-order valence-corrected chi connectivity index (χ3v) is 4.72. The van der Waals surface area contributed by atoms with Crippen molar-refractivity contribution in [3.63, 3.8) is 0 Å². The van der Waals surface area contributed by atoms with Crippen LogP contribution >= 0.6 is 0 Å². The summed E-state index contributed by atoms with van der Waals surface area (Å²) in [6.45, 7) is 9.74. The van der Waals surface area contributed by atoms with Gasteiger partial charge in [-0.2, -0.15) is 0 Å². The Labute approximate surface area is 128 Å². The van der Waals surface area contributed by atoms with Gasteiger partial charge in [0.1, 0.15) is 0 Å². The highest BCUT2D eigenvalue weighted by Crippen LogP contribution is 2.30. The number of carboxylic acid groups (broad SMARTS) is 1. The van der Waals surface area contributed by atoms with Crippen LogP contribution in [-0.2, 0) is 9.59 Å². The van der Waals surface area contributed by atoms with Crippen molar-refractivity contribution in [2.45, 2.75) is 52.9 Å². The van der Waals surface area contributed by atoms with Gasteiger partial charge in [-0.05, 0) is 44.7 Å². The minimum Gasteiger partial charge on any atom is -0.481 e. The van der Waals surface area contributed by atoms with Crippen LogP contribution < -0.4 is 5.32 Å². The average Bonchev–Trinajstić information content (AvgIpc) is 2.95. The van der Waals surface area contributed by atoms with Gasteiger partial charge in [-0.15, -0.1) is 0 Å². The van der Waals surface area contributed by atoms with E-state index in [4.69, 9.17) is 0 Å². The van der Waals surface area contributed by atoms with Crippen LogP contribution in [0.4, 0.5) is 0 Å². The van der Waals surface area contributed by atoms with Gasteiger partial charge in [-0.3, -0.25) is 9.59 Å². The van der Waals surface area contributed by atoms with Gasteiger partial charge >= 0.3 is 5.97 Å². The number of rotatable bonds is 9. The summed E-state index contributed by atoms with van der Waals surface area (Å²) in [6.07, 6.45) is 3.58. The molecule has 1 saturated heterocycles. The van der Waals surface area contributed by atoms with Crippen LogP contribution in [0.1, 0.15) is 52.9 Å². The van der Waals surface area contributed by atoms with E-state index >= 15 is 0 Å². The van der Waals surface area contributed by atoms with E-state index in [1.165, 1.54) is 12.8 Å². The standard InChI is InChI=1S/C16H30N2O3/c1-4-16(5-2,15(20)21)10-14(19)17-11-13(3)12-18-8-6-7-9-18/h13H,4-12H2,1-3H3,(H,17,19)(H,20,21). The maximum absolute atomic E-state index is 12.0. The van der Waals surface area contributed by atoms with Gasteiger partial charge in [0.05, 0.1) is 5.41 Å². The van der Waals surface area contributed by atoms with Crippen molar-refractivity contribution in [3.05, 3.63) is 0 Å². The molecular weight excluding hydrogens is 268 g/mol. The van der Waals surface area contributed by atoms with Gasteiger partial charge in [-0.1, -0.05) is 20.8 Å². The summed E-state index contributed by atoms with van der Waals surface area (Å²) >= 11 is 0. The Hall–Kier alpha value is -1.10. The number of carbonyl (C=O) groups excluding carboxylic acids is 1. The van der Waals surface area contributed by atoms with Crippen molar-refractivity contribution in [3.8, 4) is 0 Å². The monoisotopic (exact) mass is 298 g/mol. The number of amides is 1. The molecule has 1 aliphatic rings. The van der Waals surface area contributed by atoms with E-state index in [0.29, 0.717) is 25.3 Å². The molecule has 21 heavy (non-hydrogen) atoms. The molecule has 0 spiro atoms. The molecule has 1 rings (SSSR count). The maximum Gasteiger partial charge on any atom is 0.310 e. The number of carbonyl (C=O) groups is 2. The normalized spacial score (nSPS) is 17.7. The lowest BCUT2D eigenvalue weighted by molar-refractivity contribution is -0.152. The summed E-state index contributed by atoms with van der Waals surface area (Å²) in [5.74, 6) is -0.614. The molecule has 1 aliphatic heterocycles. The van der Waals surface area contributed by atoms with Crippen LogP contribution in [0.15, 0.2) is 0 Å². The first-order chi connectivity index (χ1) is 9.93. The Kier molecular flexibility index (Phi) is 7.15. The van der Waals surface area contributed by atoms with Crippen molar-refractivity contribution in [2.24, 2.45) is 11.3 Å². The zero-order chi connectivity index (χ0) is 15.9. The SMILES string of the molecule is CCC(CC)(CC(=O)NCC(C)CN1CCCC1)C(=O)O. The van der Waals surface area contributed by atoms with E-state index in [0.717, 1.165) is 19.6 Å². The summed E-state index contributed by atoms with van der Waals surface area (Å²) in [5, 5.41) is 12.3. The molecule has 122 valence electrons. The number of aliphatic carboxylic acids is 1. The van der Waals surface area contributed by atoms with Gasteiger partial charge in [0.25, 0.3) is 0 Å². The van der Waals surface area contributed by atoms with Gasteiger partial charge < -0.3 is 15.3 Å². The van der Waals surface area contributed by atoms with Crippen molar-refractivity contribution in [1.29, 1.82) is 0 Å². The topological polar surface area (TPSA) is 69.6 Å². The molecule has 0 saturated carbocycles. The van der Waals surface area contributed by atoms with Crippen LogP contribution in [0.2, 0.25) is 0 Å². The fourth-order valence-corrected chi connectivity index (χ4v) is 3.01. The first-order valence-corrected chi connectivity index (χ1v) is 8.16. The summed E-state index contributed by atoms with van der Waals surface area (Å²) in [5.41, 5.74) is -0.914. The fourth-order valence-electron chi connectivity index (χ4n) is 3.01. The van der Waals surface area contributed by atoms with E-state index < -0.39 is 11.4 Å². The van der Waals surface area contributed by atoms with Crippen molar-refractivity contribution in [1.82, 2.24) is 10.2 Å². The summed E-state index contributed by atoms with van der Waals surface area (Å²) < 4.78 is 0. The van der Waals surface area contributed by atoms with Gasteiger partial charge in [-0.25, -0.2) is 0 Å². The first kappa shape index (κ1) is 18.0. The van der Waals surface area contributed by atoms with Crippen molar-refractivity contribution in [2.75, 3.05) is 26.2 Å². The molecule has 1 atom stereocenters. The average molecular weight is 298 g/mol.